The van der Waals surface area contributed by atoms with Gasteiger partial charge in [-0.3, -0.25) is 4.79 Å². The molecule has 0 atom stereocenters. The Bertz CT molecular complexity index is 555. The fraction of sp³-hybridized carbons (Fsp3) is 0.214. The molecule has 1 aromatic carbocycles. The van der Waals surface area contributed by atoms with Crippen molar-refractivity contribution in [1.29, 1.82) is 0 Å². The van der Waals surface area contributed by atoms with Gasteiger partial charge in [-0.1, -0.05) is 6.07 Å². The normalized spacial score (nSPS) is 10.4. The molecule has 0 radical (unpaired) electrons. The van der Waals surface area contributed by atoms with Crippen LogP contribution in [0.2, 0.25) is 0 Å². The van der Waals surface area contributed by atoms with Crippen LogP contribution >= 0.6 is 24.0 Å². The van der Waals surface area contributed by atoms with Crippen LogP contribution in [0.15, 0.2) is 35.2 Å². The van der Waals surface area contributed by atoms with Gasteiger partial charge in [0, 0.05) is 20.2 Å². The Balaban J connectivity index is 2.00. The Kier molecular flexibility index (Phi) is 4.09. The number of benzene rings is 1. The summed E-state index contributed by atoms with van der Waals surface area (Å²) in [5.74, 6) is -0.0605. The van der Waals surface area contributed by atoms with Crippen LogP contribution in [0.4, 0.5) is 0 Å². The van der Waals surface area contributed by atoms with E-state index in [0.29, 0.717) is 12.1 Å². The van der Waals surface area contributed by atoms with Crippen molar-refractivity contribution in [2.75, 3.05) is 0 Å². The maximum absolute atomic E-state index is 11.9. The van der Waals surface area contributed by atoms with Gasteiger partial charge in [0.15, 0.2) is 0 Å². The third-order valence-electron chi connectivity index (χ3n) is 2.75. The molecule has 0 bridgehead atoms. The van der Waals surface area contributed by atoms with E-state index in [1.807, 2.05) is 12.1 Å². The Morgan fingerprint density at radius 2 is 2.11 bits per heavy atom. The van der Waals surface area contributed by atoms with Gasteiger partial charge in [-0.25, -0.2) is 0 Å². The van der Waals surface area contributed by atoms with E-state index in [1.165, 1.54) is 15.3 Å². The van der Waals surface area contributed by atoms with E-state index in [0.717, 1.165) is 4.90 Å². The molecule has 18 heavy (non-hydrogen) atoms. The quantitative estimate of drug-likeness (QED) is 0.825. The topological polar surface area (TPSA) is 29.1 Å². The van der Waals surface area contributed by atoms with Crippen LogP contribution in [-0.4, -0.2) is 5.91 Å². The lowest BCUT2D eigenvalue weighted by Gasteiger charge is -2.04. The van der Waals surface area contributed by atoms with Crippen LogP contribution in [0.5, 0.6) is 0 Å². The molecule has 1 N–H and O–H groups in total. The van der Waals surface area contributed by atoms with E-state index in [1.54, 1.807) is 23.5 Å². The zero-order valence-electron chi connectivity index (χ0n) is 10.4. The molecular weight excluding hydrogens is 262 g/mol. The van der Waals surface area contributed by atoms with E-state index in [-0.39, 0.29) is 5.91 Å². The van der Waals surface area contributed by atoms with Gasteiger partial charge < -0.3 is 5.32 Å². The highest BCUT2D eigenvalue weighted by Gasteiger charge is 2.07. The van der Waals surface area contributed by atoms with Crippen molar-refractivity contribution >= 4 is 29.9 Å². The van der Waals surface area contributed by atoms with E-state index in [9.17, 15) is 4.79 Å². The van der Waals surface area contributed by atoms with Crippen LogP contribution < -0.4 is 5.32 Å². The van der Waals surface area contributed by atoms with Crippen molar-refractivity contribution in [3.63, 3.8) is 0 Å². The van der Waals surface area contributed by atoms with Crippen LogP contribution in [0.3, 0.4) is 0 Å². The minimum atomic E-state index is -0.0605. The Morgan fingerprint density at radius 3 is 2.72 bits per heavy atom. The van der Waals surface area contributed by atoms with Crippen LogP contribution in [0.25, 0.3) is 0 Å². The predicted octanol–water partition coefficient (Wildman–Crippen LogP) is 3.58. The molecule has 0 aliphatic carbocycles. The highest BCUT2D eigenvalue weighted by molar-refractivity contribution is 7.80. The zero-order valence-corrected chi connectivity index (χ0v) is 12.1. The minimum Gasteiger partial charge on any atom is -0.347 e. The summed E-state index contributed by atoms with van der Waals surface area (Å²) >= 11 is 5.95. The van der Waals surface area contributed by atoms with Gasteiger partial charge in [-0.2, -0.15) is 0 Å². The van der Waals surface area contributed by atoms with E-state index >= 15 is 0 Å². The van der Waals surface area contributed by atoms with Crippen molar-refractivity contribution in [2.24, 2.45) is 0 Å². The maximum Gasteiger partial charge on any atom is 0.251 e. The summed E-state index contributed by atoms with van der Waals surface area (Å²) in [4.78, 5) is 15.2. The number of carbonyl (C=O) groups is 1. The third kappa shape index (κ3) is 3.15. The monoisotopic (exact) mass is 277 g/mol. The second-order valence-corrected chi connectivity index (χ2v) is 6.04. The number of thiophene rings is 1. The van der Waals surface area contributed by atoms with Crippen molar-refractivity contribution in [2.45, 2.75) is 25.3 Å². The highest BCUT2D eigenvalue weighted by Crippen LogP contribution is 2.20. The largest absolute Gasteiger partial charge is 0.347 e. The van der Waals surface area contributed by atoms with Crippen LogP contribution in [0.1, 0.15) is 25.7 Å². The van der Waals surface area contributed by atoms with Gasteiger partial charge in [0.05, 0.1) is 6.54 Å². The summed E-state index contributed by atoms with van der Waals surface area (Å²) in [7, 11) is 0. The first kappa shape index (κ1) is 13.2. The maximum atomic E-state index is 11.9. The number of nitrogens with one attached hydrogen (secondary N) is 1. The molecule has 1 amide bonds. The first-order valence-corrected chi connectivity index (χ1v) is 6.96. The number of hydrogen-bond donors (Lipinski definition) is 2. The van der Waals surface area contributed by atoms with Crippen LogP contribution in [-0.2, 0) is 6.54 Å². The fourth-order valence-corrected chi connectivity index (χ4v) is 2.87. The fourth-order valence-electron chi connectivity index (χ4n) is 1.65. The summed E-state index contributed by atoms with van der Waals surface area (Å²) in [6, 6.07) is 9.36. The molecule has 94 valence electrons. The van der Waals surface area contributed by atoms with E-state index in [4.69, 9.17) is 0 Å². The molecule has 0 unspecified atom stereocenters. The van der Waals surface area contributed by atoms with E-state index in [2.05, 4.69) is 37.9 Å². The van der Waals surface area contributed by atoms with Crippen LogP contribution in [0, 0.1) is 13.8 Å². The first-order valence-electron chi connectivity index (χ1n) is 5.69. The number of amides is 1. The second kappa shape index (κ2) is 5.59. The summed E-state index contributed by atoms with van der Waals surface area (Å²) < 4.78 is 0. The van der Waals surface area contributed by atoms with Crippen molar-refractivity contribution < 1.29 is 4.79 Å². The third-order valence-corrected chi connectivity index (χ3v) is 4.18. The Morgan fingerprint density at radius 1 is 1.33 bits per heavy atom. The number of carbonyl (C=O) groups excluding carboxylic acids is 1. The van der Waals surface area contributed by atoms with Gasteiger partial charge in [-0.05, 0) is 43.7 Å². The molecular formula is C14H15NOS2. The minimum absolute atomic E-state index is 0.0605. The zero-order chi connectivity index (χ0) is 13.1. The molecule has 2 nitrogen and oxygen atoms in total. The second-order valence-electron chi connectivity index (χ2n) is 4.18. The van der Waals surface area contributed by atoms with E-state index < -0.39 is 0 Å². The number of rotatable bonds is 3. The number of aryl methyl sites for hydroxylation is 2. The molecule has 4 heteroatoms. The number of thiol groups is 1. The predicted molar refractivity (Wildman–Crippen MR) is 78.7 cm³/mol. The summed E-state index contributed by atoms with van der Waals surface area (Å²) in [6.45, 7) is 4.76. The average Bonchev–Trinajstić information content (AvgIpc) is 2.66. The Labute approximate surface area is 116 Å². The summed E-state index contributed by atoms with van der Waals surface area (Å²) in [6.07, 6.45) is 0. The molecule has 1 heterocycles. The standard InChI is InChI=1S/C14H15NOS2/c1-9-6-13(18-10(9)2)8-15-14(16)11-4-3-5-12(17)7-11/h3-7,17H,8H2,1-2H3,(H,15,16). The van der Waals surface area contributed by atoms with Crippen molar-refractivity contribution in [3.8, 4) is 0 Å². The molecule has 2 rings (SSSR count). The van der Waals surface area contributed by atoms with Gasteiger partial charge in [-0.15, -0.1) is 24.0 Å². The molecule has 0 aliphatic rings. The van der Waals surface area contributed by atoms with Gasteiger partial charge >= 0.3 is 0 Å². The smallest absolute Gasteiger partial charge is 0.251 e. The molecule has 0 spiro atoms. The number of hydrogen-bond acceptors (Lipinski definition) is 3. The molecule has 0 fully saturated rings. The Hall–Kier alpha value is -1.26. The lowest BCUT2D eigenvalue weighted by Crippen LogP contribution is -2.22. The highest BCUT2D eigenvalue weighted by atomic mass is 32.1. The molecule has 0 saturated heterocycles. The van der Waals surface area contributed by atoms with Crippen molar-refractivity contribution in [3.05, 3.63) is 51.2 Å². The summed E-state index contributed by atoms with van der Waals surface area (Å²) in [5, 5.41) is 2.92. The molecule has 2 aromatic rings. The molecule has 0 saturated carbocycles. The SMILES string of the molecule is Cc1cc(CNC(=O)c2cccc(S)c2)sc1C. The van der Waals surface area contributed by atoms with Gasteiger partial charge in [0.1, 0.15) is 0 Å². The molecule has 1 aromatic heterocycles. The van der Waals surface area contributed by atoms with Crippen molar-refractivity contribution in [1.82, 2.24) is 5.32 Å². The average molecular weight is 277 g/mol. The lowest BCUT2D eigenvalue weighted by atomic mass is 10.2. The summed E-state index contributed by atoms with van der Waals surface area (Å²) in [5.41, 5.74) is 1.93. The van der Waals surface area contributed by atoms with Gasteiger partial charge in [0.25, 0.3) is 5.91 Å². The lowest BCUT2D eigenvalue weighted by molar-refractivity contribution is 0.0951. The van der Waals surface area contributed by atoms with Gasteiger partial charge in [0.2, 0.25) is 0 Å². The first-order chi connectivity index (χ1) is 8.56. The molecule has 0 aliphatic heterocycles.